The SMILES string of the molecule is CN(CC1CCCC1)C(=O)C1CCN(S(=O)(=O)c2ccc3ccccc3c2)CC1. The summed E-state index contributed by atoms with van der Waals surface area (Å²) in [4.78, 5) is 15.0. The van der Waals surface area contributed by atoms with E-state index in [1.54, 1.807) is 12.1 Å². The highest BCUT2D eigenvalue weighted by atomic mass is 32.2. The van der Waals surface area contributed by atoms with Crippen molar-refractivity contribution >= 4 is 26.7 Å². The van der Waals surface area contributed by atoms with Crippen LogP contribution in [0.2, 0.25) is 0 Å². The molecule has 2 aliphatic rings. The number of carbonyl (C=O) groups excluding carboxylic acids is 1. The molecule has 0 spiro atoms. The Morgan fingerprint density at radius 2 is 1.66 bits per heavy atom. The van der Waals surface area contributed by atoms with Gasteiger partial charge in [-0.15, -0.1) is 0 Å². The van der Waals surface area contributed by atoms with Gasteiger partial charge in [-0.3, -0.25) is 4.79 Å². The fourth-order valence-corrected chi connectivity index (χ4v) is 6.31. The lowest BCUT2D eigenvalue weighted by molar-refractivity contribution is -0.135. The van der Waals surface area contributed by atoms with Crippen LogP contribution in [0.4, 0.5) is 0 Å². The molecule has 1 aliphatic heterocycles. The lowest BCUT2D eigenvalue weighted by Crippen LogP contribution is -2.44. The number of rotatable bonds is 5. The Labute approximate surface area is 173 Å². The third-order valence-electron chi connectivity index (χ3n) is 6.54. The maximum Gasteiger partial charge on any atom is 0.243 e. The molecule has 2 aromatic rings. The van der Waals surface area contributed by atoms with E-state index in [1.807, 2.05) is 42.3 Å². The van der Waals surface area contributed by atoms with E-state index in [1.165, 1.54) is 30.0 Å². The summed E-state index contributed by atoms with van der Waals surface area (Å²) in [6, 6.07) is 13.1. The molecule has 0 bridgehead atoms. The van der Waals surface area contributed by atoms with Gasteiger partial charge in [0.15, 0.2) is 0 Å². The van der Waals surface area contributed by atoms with Crippen molar-refractivity contribution in [3.63, 3.8) is 0 Å². The Balaban J connectivity index is 1.39. The Hall–Kier alpha value is -1.92. The summed E-state index contributed by atoms with van der Waals surface area (Å²) in [7, 11) is -1.63. The Morgan fingerprint density at radius 3 is 2.34 bits per heavy atom. The first-order chi connectivity index (χ1) is 13.9. The minimum absolute atomic E-state index is 0.0653. The molecule has 2 aromatic carbocycles. The van der Waals surface area contributed by atoms with Crippen molar-refractivity contribution in [1.82, 2.24) is 9.21 Å². The van der Waals surface area contributed by atoms with Crippen molar-refractivity contribution in [1.29, 1.82) is 0 Å². The molecule has 0 N–H and O–H groups in total. The van der Waals surface area contributed by atoms with Crippen LogP contribution in [0.5, 0.6) is 0 Å². The first-order valence-corrected chi connectivity index (χ1v) is 12.1. The average Bonchev–Trinajstić information content (AvgIpc) is 3.26. The van der Waals surface area contributed by atoms with E-state index in [4.69, 9.17) is 0 Å². The van der Waals surface area contributed by atoms with E-state index >= 15 is 0 Å². The first-order valence-electron chi connectivity index (χ1n) is 10.7. The molecule has 5 nitrogen and oxygen atoms in total. The summed E-state index contributed by atoms with van der Waals surface area (Å²) in [6.45, 7) is 1.65. The van der Waals surface area contributed by atoms with Crippen LogP contribution in [0.15, 0.2) is 47.4 Å². The van der Waals surface area contributed by atoms with E-state index in [-0.39, 0.29) is 11.8 Å². The van der Waals surface area contributed by atoms with E-state index in [9.17, 15) is 13.2 Å². The molecule has 6 heteroatoms. The van der Waals surface area contributed by atoms with Gasteiger partial charge >= 0.3 is 0 Å². The summed E-state index contributed by atoms with van der Waals surface area (Å²) in [5, 5.41) is 1.95. The Bertz CT molecular complexity index is 975. The molecule has 2 fully saturated rings. The van der Waals surface area contributed by atoms with Gasteiger partial charge in [-0.1, -0.05) is 43.2 Å². The largest absolute Gasteiger partial charge is 0.345 e. The summed E-state index contributed by atoms with van der Waals surface area (Å²) in [5.41, 5.74) is 0. The second-order valence-corrected chi connectivity index (χ2v) is 10.5. The lowest BCUT2D eigenvalue weighted by atomic mass is 9.96. The van der Waals surface area contributed by atoms with Crippen LogP contribution in [-0.2, 0) is 14.8 Å². The molecule has 1 amide bonds. The van der Waals surface area contributed by atoms with Gasteiger partial charge in [0.05, 0.1) is 4.90 Å². The van der Waals surface area contributed by atoms with Gasteiger partial charge in [0.25, 0.3) is 0 Å². The van der Waals surface area contributed by atoms with Gasteiger partial charge in [0.2, 0.25) is 15.9 Å². The van der Waals surface area contributed by atoms with E-state index in [2.05, 4.69) is 0 Å². The van der Waals surface area contributed by atoms with Crippen molar-refractivity contribution in [2.45, 2.75) is 43.4 Å². The monoisotopic (exact) mass is 414 g/mol. The molecule has 0 aromatic heterocycles. The molecule has 0 atom stereocenters. The zero-order chi connectivity index (χ0) is 20.4. The number of sulfonamides is 1. The van der Waals surface area contributed by atoms with Gasteiger partial charge < -0.3 is 4.90 Å². The average molecular weight is 415 g/mol. The van der Waals surface area contributed by atoms with Crippen molar-refractivity contribution in [2.24, 2.45) is 11.8 Å². The van der Waals surface area contributed by atoms with Gasteiger partial charge in [-0.2, -0.15) is 4.31 Å². The molecular formula is C23H30N2O3S. The number of nitrogens with zero attached hydrogens (tertiary/aromatic N) is 2. The smallest absolute Gasteiger partial charge is 0.243 e. The van der Waals surface area contributed by atoms with E-state index < -0.39 is 10.0 Å². The van der Waals surface area contributed by atoms with Crippen LogP contribution < -0.4 is 0 Å². The molecule has 1 saturated carbocycles. The minimum Gasteiger partial charge on any atom is -0.345 e. The molecule has 4 rings (SSSR count). The molecule has 29 heavy (non-hydrogen) atoms. The molecule has 1 heterocycles. The van der Waals surface area contributed by atoms with Crippen LogP contribution in [0, 0.1) is 11.8 Å². The van der Waals surface area contributed by atoms with Crippen molar-refractivity contribution < 1.29 is 13.2 Å². The summed E-state index contributed by atoms with van der Waals surface area (Å²) in [5.74, 6) is 0.751. The minimum atomic E-state index is -3.53. The lowest BCUT2D eigenvalue weighted by Gasteiger charge is -2.33. The van der Waals surface area contributed by atoms with Crippen LogP contribution in [0.3, 0.4) is 0 Å². The van der Waals surface area contributed by atoms with Crippen LogP contribution in [-0.4, -0.2) is 50.2 Å². The highest BCUT2D eigenvalue weighted by Crippen LogP contribution is 2.29. The van der Waals surface area contributed by atoms with Crippen LogP contribution in [0.25, 0.3) is 10.8 Å². The third-order valence-corrected chi connectivity index (χ3v) is 8.44. The number of fused-ring (bicyclic) bond motifs is 1. The number of benzene rings is 2. The van der Waals surface area contributed by atoms with Gasteiger partial charge in [-0.05, 0) is 54.5 Å². The van der Waals surface area contributed by atoms with E-state index in [0.29, 0.717) is 36.7 Å². The maximum absolute atomic E-state index is 13.1. The highest BCUT2D eigenvalue weighted by Gasteiger charge is 2.33. The summed E-state index contributed by atoms with van der Waals surface area (Å²) >= 11 is 0. The number of hydrogen-bond donors (Lipinski definition) is 0. The van der Waals surface area contributed by atoms with Crippen molar-refractivity contribution in [2.75, 3.05) is 26.7 Å². The number of piperidine rings is 1. The maximum atomic E-state index is 13.1. The fourth-order valence-electron chi connectivity index (χ4n) is 4.80. The van der Waals surface area contributed by atoms with Crippen LogP contribution in [0.1, 0.15) is 38.5 Å². The van der Waals surface area contributed by atoms with Crippen molar-refractivity contribution in [3.8, 4) is 0 Å². The third kappa shape index (κ3) is 4.33. The predicted octanol–water partition coefficient (Wildman–Crippen LogP) is 3.89. The second-order valence-electron chi connectivity index (χ2n) is 8.56. The molecule has 1 saturated heterocycles. The van der Waals surface area contributed by atoms with Crippen molar-refractivity contribution in [3.05, 3.63) is 42.5 Å². The standard InChI is InChI=1S/C23H30N2O3S/c1-24(17-18-6-2-3-7-18)23(26)20-12-14-25(15-13-20)29(27,28)22-11-10-19-8-4-5-9-21(19)16-22/h4-5,8-11,16,18,20H,2-3,6-7,12-15,17H2,1H3. The van der Waals surface area contributed by atoms with Gasteiger partial charge in [0.1, 0.15) is 0 Å². The zero-order valence-electron chi connectivity index (χ0n) is 17.1. The number of amides is 1. The zero-order valence-corrected chi connectivity index (χ0v) is 17.9. The number of hydrogen-bond acceptors (Lipinski definition) is 3. The van der Waals surface area contributed by atoms with E-state index in [0.717, 1.165) is 17.3 Å². The highest BCUT2D eigenvalue weighted by molar-refractivity contribution is 7.89. The molecule has 1 aliphatic carbocycles. The van der Waals surface area contributed by atoms with Gasteiger partial charge in [-0.25, -0.2) is 8.42 Å². The van der Waals surface area contributed by atoms with Crippen LogP contribution >= 0.6 is 0 Å². The second kappa shape index (κ2) is 8.44. The fraction of sp³-hybridized carbons (Fsp3) is 0.522. The number of carbonyl (C=O) groups is 1. The molecule has 0 unspecified atom stereocenters. The molecular weight excluding hydrogens is 384 g/mol. The molecule has 0 radical (unpaired) electrons. The van der Waals surface area contributed by atoms with Gasteiger partial charge in [0, 0.05) is 32.6 Å². The quantitative estimate of drug-likeness (QED) is 0.746. The Kier molecular flexibility index (Phi) is 5.93. The first kappa shape index (κ1) is 20.4. The Morgan fingerprint density at radius 1 is 1.00 bits per heavy atom. The predicted molar refractivity (Wildman–Crippen MR) is 115 cm³/mol. The molecule has 156 valence electrons. The topological polar surface area (TPSA) is 57.7 Å². The summed E-state index contributed by atoms with van der Waals surface area (Å²) in [6.07, 6.45) is 6.19. The summed E-state index contributed by atoms with van der Waals surface area (Å²) < 4.78 is 27.7. The normalized spacial score (nSPS) is 19.6.